The zero-order chi connectivity index (χ0) is 24.5. The number of benzene rings is 1. The molecule has 0 amide bonds. The summed E-state index contributed by atoms with van der Waals surface area (Å²) in [5, 5.41) is 0. The van der Waals surface area contributed by atoms with Crippen molar-refractivity contribution < 1.29 is 33.3 Å². The van der Waals surface area contributed by atoms with Gasteiger partial charge >= 0.3 is 11.9 Å². The number of para-hydroxylation sites is 1. The number of aromatic nitrogens is 1. The lowest BCUT2D eigenvalue weighted by Gasteiger charge is -2.29. The first-order valence-electron chi connectivity index (χ1n) is 10.8. The molecule has 178 valence electrons. The second kappa shape index (κ2) is 12.0. The minimum Gasteiger partial charge on any atom is -0.493 e. The predicted octanol–water partition coefficient (Wildman–Crippen LogP) is 4.26. The summed E-state index contributed by atoms with van der Waals surface area (Å²) in [6, 6.07) is 10.8. The third kappa shape index (κ3) is 7.30. The van der Waals surface area contributed by atoms with Crippen LogP contribution in [0.2, 0.25) is 0 Å². The van der Waals surface area contributed by atoms with Crippen LogP contribution in [0.4, 0.5) is 0 Å². The summed E-state index contributed by atoms with van der Waals surface area (Å²) < 4.78 is 22.0. The number of ether oxygens (including phenoxy) is 4. The van der Waals surface area contributed by atoms with Gasteiger partial charge in [0.1, 0.15) is 18.0 Å². The highest BCUT2D eigenvalue weighted by molar-refractivity contribution is 5.99. The van der Waals surface area contributed by atoms with Crippen molar-refractivity contribution >= 4 is 17.7 Å². The van der Waals surface area contributed by atoms with E-state index < -0.39 is 35.8 Å². The van der Waals surface area contributed by atoms with E-state index in [0.717, 1.165) is 0 Å². The van der Waals surface area contributed by atoms with E-state index in [4.69, 9.17) is 18.9 Å². The summed E-state index contributed by atoms with van der Waals surface area (Å²) in [4.78, 5) is 41.2. The normalized spacial score (nSPS) is 13.5. The van der Waals surface area contributed by atoms with Crippen molar-refractivity contribution in [3.8, 4) is 17.2 Å². The molecule has 0 unspecified atom stereocenters. The van der Waals surface area contributed by atoms with Gasteiger partial charge in [-0.3, -0.25) is 14.4 Å². The van der Waals surface area contributed by atoms with Crippen LogP contribution in [-0.4, -0.2) is 42.0 Å². The second-order valence-corrected chi connectivity index (χ2v) is 8.09. The van der Waals surface area contributed by atoms with Crippen molar-refractivity contribution in [2.24, 2.45) is 11.8 Å². The lowest BCUT2D eigenvalue weighted by Crippen LogP contribution is -2.39. The smallest absolute Gasteiger partial charge is 0.309 e. The van der Waals surface area contributed by atoms with Crippen molar-refractivity contribution in [3.05, 3.63) is 48.3 Å². The zero-order valence-corrected chi connectivity index (χ0v) is 19.9. The van der Waals surface area contributed by atoms with Crippen LogP contribution in [0.1, 0.15) is 51.5 Å². The maximum atomic E-state index is 12.9. The van der Waals surface area contributed by atoms with Gasteiger partial charge < -0.3 is 18.9 Å². The molecule has 1 heterocycles. The van der Waals surface area contributed by atoms with Crippen LogP contribution in [0, 0.1) is 11.8 Å². The number of Topliss-reactive ketones (excluding diaryl/α,β-unsaturated/α-hetero) is 1. The Balaban J connectivity index is 2.09. The summed E-state index contributed by atoms with van der Waals surface area (Å²) >= 11 is 0. The minimum absolute atomic E-state index is 0.00816. The van der Waals surface area contributed by atoms with Gasteiger partial charge in [0.15, 0.2) is 17.2 Å². The first-order chi connectivity index (χ1) is 15.6. The first-order valence-corrected chi connectivity index (χ1v) is 10.8. The highest BCUT2D eigenvalue weighted by Gasteiger charge is 2.31. The number of hydrogen-bond acceptors (Lipinski definition) is 8. The van der Waals surface area contributed by atoms with Gasteiger partial charge in [0, 0.05) is 25.6 Å². The molecular weight excluding hydrogens is 426 g/mol. The van der Waals surface area contributed by atoms with Crippen LogP contribution in [0.25, 0.3) is 0 Å². The fourth-order valence-electron chi connectivity index (χ4n) is 3.30. The largest absolute Gasteiger partial charge is 0.493 e. The van der Waals surface area contributed by atoms with Crippen molar-refractivity contribution in [1.29, 1.82) is 0 Å². The Morgan fingerprint density at radius 3 is 2.24 bits per heavy atom. The van der Waals surface area contributed by atoms with E-state index in [9.17, 15) is 14.4 Å². The molecule has 8 heteroatoms. The van der Waals surface area contributed by atoms with Gasteiger partial charge in [-0.05, 0) is 25.0 Å². The van der Waals surface area contributed by atoms with Gasteiger partial charge in [0.25, 0.3) is 0 Å². The number of carbonyl (C=O) groups is 3. The van der Waals surface area contributed by atoms with Crippen LogP contribution < -0.4 is 14.2 Å². The first kappa shape index (κ1) is 25.8. The summed E-state index contributed by atoms with van der Waals surface area (Å²) in [7, 11) is 1.39. The number of nitrogens with zero attached hydrogens (tertiary/aromatic N) is 1. The number of rotatable bonds is 11. The van der Waals surface area contributed by atoms with E-state index in [1.54, 1.807) is 6.92 Å². The van der Waals surface area contributed by atoms with E-state index in [1.807, 2.05) is 51.1 Å². The standard InChI is InChI=1S/C25H31NO7/c1-15(2)23(17(4)31-19-10-8-7-9-11-19)33-25(29)16(3)14-20(28)22-24(32-18(5)27)21(30-6)12-13-26-22/h7-13,15-17,23H,14H2,1-6H3/t16-,17-,23+/m1/s1. The lowest BCUT2D eigenvalue weighted by molar-refractivity contribution is -0.161. The summed E-state index contributed by atoms with van der Waals surface area (Å²) in [6.45, 7) is 8.53. The summed E-state index contributed by atoms with van der Waals surface area (Å²) in [5.74, 6) is -1.56. The molecular formula is C25H31NO7. The number of esters is 2. The van der Waals surface area contributed by atoms with Crippen LogP contribution in [0.3, 0.4) is 0 Å². The zero-order valence-electron chi connectivity index (χ0n) is 19.9. The van der Waals surface area contributed by atoms with Crippen LogP contribution in [0.15, 0.2) is 42.6 Å². The number of pyridine rings is 1. The number of ketones is 1. The Hall–Kier alpha value is -3.42. The molecule has 3 atom stereocenters. The molecule has 0 aliphatic rings. The molecule has 8 nitrogen and oxygen atoms in total. The molecule has 1 aromatic heterocycles. The Labute approximate surface area is 194 Å². The highest BCUT2D eigenvalue weighted by Crippen LogP contribution is 2.31. The maximum absolute atomic E-state index is 12.9. The van der Waals surface area contributed by atoms with E-state index in [2.05, 4.69) is 4.98 Å². The average Bonchev–Trinajstić information content (AvgIpc) is 2.77. The number of methoxy groups -OCH3 is 1. The van der Waals surface area contributed by atoms with Crippen molar-refractivity contribution in [3.63, 3.8) is 0 Å². The Morgan fingerprint density at radius 1 is 1.00 bits per heavy atom. The van der Waals surface area contributed by atoms with Crippen LogP contribution >= 0.6 is 0 Å². The summed E-state index contributed by atoms with van der Waals surface area (Å²) in [5.41, 5.74) is -0.0783. The molecule has 2 aromatic rings. The van der Waals surface area contributed by atoms with Crippen LogP contribution in [-0.2, 0) is 14.3 Å². The van der Waals surface area contributed by atoms with E-state index in [1.165, 1.54) is 26.3 Å². The Kier molecular flexibility index (Phi) is 9.39. The van der Waals surface area contributed by atoms with Gasteiger partial charge in [0.2, 0.25) is 5.75 Å². The minimum atomic E-state index is -0.749. The second-order valence-electron chi connectivity index (χ2n) is 8.09. The van der Waals surface area contributed by atoms with Gasteiger partial charge in [-0.25, -0.2) is 4.98 Å². The van der Waals surface area contributed by atoms with Crippen molar-refractivity contribution in [2.75, 3.05) is 7.11 Å². The Morgan fingerprint density at radius 2 is 1.67 bits per heavy atom. The average molecular weight is 458 g/mol. The fourth-order valence-corrected chi connectivity index (χ4v) is 3.30. The highest BCUT2D eigenvalue weighted by atomic mass is 16.6. The van der Waals surface area contributed by atoms with Crippen molar-refractivity contribution in [2.45, 2.75) is 53.2 Å². The van der Waals surface area contributed by atoms with Gasteiger partial charge in [-0.15, -0.1) is 0 Å². The van der Waals surface area contributed by atoms with E-state index >= 15 is 0 Å². The molecule has 0 fully saturated rings. The summed E-state index contributed by atoms with van der Waals surface area (Å²) in [6.07, 6.45) is 0.294. The fraction of sp³-hybridized carbons (Fsp3) is 0.440. The molecule has 0 spiro atoms. The van der Waals surface area contributed by atoms with Gasteiger partial charge in [-0.1, -0.05) is 39.0 Å². The molecule has 33 heavy (non-hydrogen) atoms. The molecule has 0 bridgehead atoms. The van der Waals surface area contributed by atoms with Crippen LogP contribution in [0.5, 0.6) is 17.2 Å². The quantitative estimate of drug-likeness (QED) is 0.364. The maximum Gasteiger partial charge on any atom is 0.309 e. The molecule has 0 aliphatic carbocycles. The lowest BCUT2D eigenvalue weighted by atomic mass is 10.00. The monoisotopic (exact) mass is 457 g/mol. The predicted molar refractivity (Wildman–Crippen MR) is 121 cm³/mol. The molecule has 0 saturated carbocycles. The van der Waals surface area contributed by atoms with E-state index in [0.29, 0.717) is 5.75 Å². The molecule has 0 N–H and O–H groups in total. The van der Waals surface area contributed by atoms with Crippen molar-refractivity contribution in [1.82, 2.24) is 4.98 Å². The third-order valence-electron chi connectivity index (χ3n) is 4.93. The molecule has 2 rings (SSSR count). The molecule has 0 saturated heterocycles. The Bertz CT molecular complexity index is 958. The topological polar surface area (TPSA) is 101 Å². The SMILES string of the molecule is COc1ccnc(C(=O)C[C@@H](C)C(=O)O[C@@H](C(C)C)[C@@H](C)Oc2ccccc2)c1OC(C)=O. The number of hydrogen-bond donors (Lipinski definition) is 0. The molecule has 0 radical (unpaired) electrons. The molecule has 0 aliphatic heterocycles. The number of carbonyl (C=O) groups excluding carboxylic acids is 3. The molecule has 1 aromatic carbocycles. The van der Waals surface area contributed by atoms with Gasteiger partial charge in [-0.2, -0.15) is 0 Å². The van der Waals surface area contributed by atoms with E-state index in [-0.39, 0.29) is 29.5 Å². The third-order valence-corrected chi connectivity index (χ3v) is 4.93. The van der Waals surface area contributed by atoms with Gasteiger partial charge in [0.05, 0.1) is 13.0 Å².